The minimum atomic E-state index is -0.793. The smallest absolute Gasteiger partial charge is 0.338 e. The number of amides is 2. The molecule has 132 valence electrons. The van der Waals surface area contributed by atoms with Gasteiger partial charge in [0.15, 0.2) is 5.75 Å². The number of carbonyl (C=O) groups is 4. The Hall–Kier alpha value is -3.68. The first-order chi connectivity index (χ1) is 12.5. The maximum atomic E-state index is 12.3. The predicted octanol–water partition coefficient (Wildman–Crippen LogP) is 1.85. The zero-order valence-corrected chi connectivity index (χ0v) is 13.8. The molecule has 26 heavy (non-hydrogen) atoms. The van der Waals surface area contributed by atoms with Gasteiger partial charge in [0.2, 0.25) is 0 Å². The molecule has 0 atom stereocenters. The molecule has 2 aromatic rings. The third-order valence-corrected chi connectivity index (χ3v) is 3.76. The highest BCUT2D eigenvalue weighted by Gasteiger charge is 2.37. The Bertz CT molecular complexity index is 900. The van der Waals surface area contributed by atoms with Gasteiger partial charge in [-0.2, -0.15) is 0 Å². The van der Waals surface area contributed by atoms with Gasteiger partial charge in [0.25, 0.3) is 11.8 Å². The van der Waals surface area contributed by atoms with Gasteiger partial charge >= 0.3 is 11.9 Å². The lowest BCUT2D eigenvalue weighted by molar-refractivity contribution is -0.0141. The third-order valence-electron chi connectivity index (χ3n) is 3.76. The zero-order chi connectivity index (χ0) is 18.8. The number of hydroxylamine groups is 2. The normalized spacial score (nSPS) is 12.6. The van der Waals surface area contributed by atoms with Gasteiger partial charge in [-0.15, -0.1) is 0 Å². The molecule has 8 heteroatoms. The summed E-state index contributed by atoms with van der Waals surface area (Å²) in [6.45, 7) is 0. The van der Waals surface area contributed by atoms with E-state index in [2.05, 4.69) is 9.47 Å². The number of hydrogen-bond acceptors (Lipinski definition) is 7. The van der Waals surface area contributed by atoms with Gasteiger partial charge in [-0.05, 0) is 30.3 Å². The van der Waals surface area contributed by atoms with Crippen LogP contribution < -0.4 is 4.84 Å². The SMILES string of the molecule is COC(=O)c1ccc(ON2C(=O)c3ccccc3C2=O)cc1C(=O)OC. The van der Waals surface area contributed by atoms with Crippen LogP contribution in [-0.4, -0.2) is 43.0 Å². The Kier molecular flexibility index (Phi) is 4.40. The van der Waals surface area contributed by atoms with Gasteiger partial charge in [-0.25, -0.2) is 9.59 Å². The van der Waals surface area contributed by atoms with E-state index < -0.39 is 23.8 Å². The number of carbonyl (C=O) groups excluding carboxylic acids is 4. The van der Waals surface area contributed by atoms with Gasteiger partial charge in [0.05, 0.1) is 36.5 Å². The fourth-order valence-corrected chi connectivity index (χ4v) is 2.50. The van der Waals surface area contributed by atoms with E-state index in [1.807, 2.05) is 0 Å². The van der Waals surface area contributed by atoms with E-state index in [0.717, 1.165) is 7.11 Å². The van der Waals surface area contributed by atoms with Crippen molar-refractivity contribution in [3.8, 4) is 5.75 Å². The summed E-state index contributed by atoms with van der Waals surface area (Å²) in [6.07, 6.45) is 0. The summed E-state index contributed by atoms with van der Waals surface area (Å²) in [6, 6.07) is 10.1. The van der Waals surface area contributed by atoms with Crippen molar-refractivity contribution in [3.63, 3.8) is 0 Å². The minimum absolute atomic E-state index is 0.00700. The topological polar surface area (TPSA) is 99.2 Å². The number of benzene rings is 2. The molecule has 0 fully saturated rings. The van der Waals surface area contributed by atoms with E-state index in [9.17, 15) is 19.2 Å². The Labute approximate surface area is 147 Å². The van der Waals surface area contributed by atoms with Crippen LogP contribution in [0.25, 0.3) is 0 Å². The first kappa shape index (κ1) is 17.2. The minimum Gasteiger partial charge on any atom is -0.465 e. The highest BCUT2D eigenvalue weighted by atomic mass is 16.7. The van der Waals surface area contributed by atoms with Gasteiger partial charge in [-0.3, -0.25) is 9.59 Å². The van der Waals surface area contributed by atoms with E-state index >= 15 is 0 Å². The Morgan fingerprint density at radius 3 is 1.88 bits per heavy atom. The van der Waals surface area contributed by atoms with Crippen molar-refractivity contribution in [2.24, 2.45) is 0 Å². The molecule has 0 N–H and O–H groups in total. The Morgan fingerprint density at radius 2 is 1.35 bits per heavy atom. The number of fused-ring (bicyclic) bond motifs is 1. The van der Waals surface area contributed by atoms with Crippen LogP contribution in [0.4, 0.5) is 0 Å². The fourth-order valence-electron chi connectivity index (χ4n) is 2.50. The highest BCUT2D eigenvalue weighted by Crippen LogP contribution is 2.26. The van der Waals surface area contributed by atoms with Crippen molar-refractivity contribution in [3.05, 3.63) is 64.7 Å². The number of nitrogens with zero attached hydrogens (tertiary/aromatic N) is 1. The van der Waals surface area contributed by atoms with Gasteiger partial charge in [0.1, 0.15) is 0 Å². The number of imide groups is 1. The second-order valence-electron chi connectivity index (χ2n) is 5.23. The Balaban J connectivity index is 1.94. The highest BCUT2D eigenvalue weighted by molar-refractivity contribution is 6.20. The monoisotopic (exact) mass is 355 g/mol. The number of rotatable bonds is 4. The standard InChI is InChI=1S/C18H13NO7/c1-24-17(22)13-8-7-10(9-14(13)18(23)25-2)26-19-15(20)11-5-3-4-6-12(11)16(19)21/h3-9H,1-2H3. The zero-order valence-electron chi connectivity index (χ0n) is 13.8. The summed E-state index contributed by atoms with van der Waals surface area (Å²) >= 11 is 0. The van der Waals surface area contributed by atoms with Crippen molar-refractivity contribution >= 4 is 23.8 Å². The molecule has 1 heterocycles. The predicted molar refractivity (Wildman–Crippen MR) is 86.7 cm³/mol. The number of methoxy groups -OCH3 is 2. The van der Waals surface area contributed by atoms with Crippen LogP contribution >= 0.6 is 0 Å². The van der Waals surface area contributed by atoms with Crippen molar-refractivity contribution in [1.82, 2.24) is 5.06 Å². The van der Waals surface area contributed by atoms with Gasteiger partial charge in [0, 0.05) is 0 Å². The summed E-state index contributed by atoms with van der Waals surface area (Å²) in [5.74, 6) is -2.77. The molecule has 8 nitrogen and oxygen atoms in total. The largest absolute Gasteiger partial charge is 0.465 e. The number of ether oxygens (including phenoxy) is 2. The van der Waals surface area contributed by atoms with Gasteiger partial charge < -0.3 is 14.3 Å². The summed E-state index contributed by atoms with van der Waals surface area (Å²) in [4.78, 5) is 53.7. The maximum Gasteiger partial charge on any atom is 0.338 e. The van der Waals surface area contributed by atoms with Crippen LogP contribution in [0.3, 0.4) is 0 Å². The lowest BCUT2D eigenvalue weighted by Crippen LogP contribution is -2.33. The first-order valence-electron chi connectivity index (χ1n) is 7.44. The van der Waals surface area contributed by atoms with Crippen LogP contribution in [-0.2, 0) is 9.47 Å². The average molecular weight is 355 g/mol. The first-order valence-corrected chi connectivity index (χ1v) is 7.44. The van der Waals surface area contributed by atoms with E-state index in [4.69, 9.17) is 4.84 Å². The van der Waals surface area contributed by atoms with Gasteiger partial charge in [-0.1, -0.05) is 17.2 Å². The molecular weight excluding hydrogens is 342 g/mol. The second kappa shape index (κ2) is 6.67. The van der Waals surface area contributed by atoms with Crippen LogP contribution in [0.2, 0.25) is 0 Å². The second-order valence-corrected chi connectivity index (χ2v) is 5.23. The molecule has 1 aliphatic heterocycles. The maximum absolute atomic E-state index is 12.3. The number of hydrogen-bond donors (Lipinski definition) is 0. The third kappa shape index (κ3) is 2.77. The molecule has 0 saturated heterocycles. The van der Waals surface area contributed by atoms with Crippen LogP contribution in [0.15, 0.2) is 42.5 Å². The summed E-state index contributed by atoms with van der Waals surface area (Å²) in [5.41, 5.74) is 0.288. The molecule has 0 aromatic heterocycles. The van der Waals surface area contributed by atoms with Crippen LogP contribution in [0, 0.1) is 0 Å². The molecule has 0 aliphatic carbocycles. The van der Waals surface area contributed by atoms with Crippen molar-refractivity contribution in [2.75, 3.05) is 14.2 Å². The van der Waals surface area contributed by atoms with Crippen molar-refractivity contribution in [2.45, 2.75) is 0 Å². The molecule has 0 radical (unpaired) electrons. The van der Waals surface area contributed by atoms with E-state index in [-0.39, 0.29) is 28.0 Å². The van der Waals surface area contributed by atoms with Crippen molar-refractivity contribution in [1.29, 1.82) is 0 Å². The molecule has 3 rings (SSSR count). The average Bonchev–Trinajstić information content (AvgIpc) is 2.92. The molecule has 0 unspecified atom stereocenters. The van der Waals surface area contributed by atoms with Crippen LogP contribution in [0.1, 0.15) is 41.4 Å². The summed E-state index contributed by atoms with van der Waals surface area (Å²) < 4.78 is 9.25. The molecule has 1 aliphatic rings. The molecular formula is C18H13NO7. The fraction of sp³-hybridized carbons (Fsp3) is 0.111. The van der Waals surface area contributed by atoms with Crippen LogP contribution in [0.5, 0.6) is 5.75 Å². The van der Waals surface area contributed by atoms with E-state index in [1.165, 1.54) is 37.4 Å². The molecule has 0 spiro atoms. The molecule has 0 bridgehead atoms. The lowest BCUT2D eigenvalue weighted by Gasteiger charge is -2.15. The molecule has 2 aromatic carbocycles. The number of esters is 2. The lowest BCUT2D eigenvalue weighted by atomic mass is 10.1. The summed E-state index contributed by atoms with van der Waals surface area (Å²) in [5, 5.41) is 0.596. The quantitative estimate of drug-likeness (QED) is 0.609. The van der Waals surface area contributed by atoms with Crippen molar-refractivity contribution < 1.29 is 33.5 Å². The van der Waals surface area contributed by atoms with E-state index in [1.54, 1.807) is 12.1 Å². The Morgan fingerprint density at radius 1 is 0.808 bits per heavy atom. The van der Waals surface area contributed by atoms with E-state index in [0.29, 0.717) is 5.06 Å². The molecule has 0 saturated carbocycles. The molecule has 2 amide bonds. The summed E-state index contributed by atoms with van der Waals surface area (Å²) in [7, 11) is 2.33.